The van der Waals surface area contributed by atoms with Gasteiger partial charge in [0.1, 0.15) is 0 Å². The fourth-order valence-electron chi connectivity index (χ4n) is 2.76. The van der Waals surface area contributed by atoms with Crippen molar-refractivity contribution in [3.8, 4) is 0 Å². The molecule has 0 spiro atoms. The van der Waals surface area contributed by atoms with Crippen molar-refractivity contribution in [2.24, 2.45) is 0 Å². The standard InChI is InChI=1S/C16H22F3N/c1-15(2,3)12-4-5-13(11-6-8-20-9-7-11)14(10-12)16(17,18)19/h4-5,10-11,20H,6-9H2,1-3H3. The first-order valence-corrected chi connectivity index (χ1v) is 7.12. The number of rotatable bonds is 1. The summed E-state index contributed by atoms with van der Waals surface area (Å²) in [6, 6.07) is 4.89. The van der Waals surface area contributed by atoms with E-state index in [1.165, 1.54) is 6.07 Å². The van der Waals surface area contributed by atoms with E-state index in [4.69, 9.17) is 0 Å². The number of alkyl halides is 3. The zero-order chi connectivity index (χ0) is 15.0. The van der Waals surface area contributed by atoms with E-state index in [2.05, 4.69) is 5.32 Å². The molecule has 1 aromatic carbocycles. The molecule has 1 heterocycles. The third kappa shape index (κ3) is 3.35. The van der Waals surface area contributed by atoms with Crippen LogP contribution in [0.25, 0.3) is 0 Å². The Morgan fingerprint density at radius 1 is 1.05 bits per heavy atom. The number of nitrogens with one attached hydrogen (secondary N) is 1. The summed E-state index contributed by atoms with van der Waals surface area (Å²) in [5.74, 6) is 0.0156. The lowest BCUT2D eigenvalue weighted by atomic mass is 9.81. The molecule has 0 atom stereocenters. The summed E-state index contributed by atoms with van der Waals surface area (Å²) >= 11 is 0. The largest absolute Gasteiger partial charge is 0.416 e. The second-order valence-corrected chi connectivity index (χ2v) is 6.57. The highest BCUT2D eigenvalue weighted by Crippen LogP contribution is 2.40. The summed E-state index contributed by atoms with van der Waals surface area (Å²) in [4.78, 5) is 0. The highest BCUT2D eigenvalue weighted by atomic mass is 19.4. The second-order valence-electron chi connectivity index (χ2n) is 6.57. The molecule has 0 aromatic heterocycles. The van der Waals surface area contributed by atoms with Gasteiger partial charge in [-0.2, -0.15) is 13.2 Å². The van der Waals surface area contributed by atoms with Crippen LogP contribution in [0.4, 0.5) is 13.2 Å². The van der Waals surface area contributed by atoms with Gasteiger partial charge in [-0.25, -0.2) is 0 Å². The van der Waals surface area contributed by atoms with Gasteiger partial charge in [0.2, 0.25) is 0 Å². The van der Waals surface area contributed by atoms with E-state index in [1.54, 1.807) is 6.07 Å². The molecule has 2 rings (SSSR count). The van der Waals surface area contributed by atoms with Gasteiger partial charge in [-0.15, -0.1) is 0 Å². The smallest absolute Gasteiger partial charge is 0.317 e. The molecule has 1 nitrogen and oxygen atoms in total. The Morgan fingerprint density at radius 3 is 2.15 bits per heavy atom. The van der Waals surface area contributed by atoms with Crippen molar-refractivity contribution in [1.82, 2.24) is 5.32 Å². The van der Waals surface area contributed by atoms with Crippen molar-refractivity contribution < 1.29 is 13.2 Å². The highest BCUT2D eigenvalue weighted by molar-refractivity contribution is 5.39. The molecule has 1 N–H and O–H groups in total. The molecule has 0 bridgehead atoms. The molecule has 1 fully saturated rings. The summed E-state index contributed by atoms with van der Waals surface area (Å²) in [5, 5.41) is 3.20. The van der Waals surface area contributed by atoms with E-state index >= 15 is 0 Å². The molecule has 0 saturated carbocycles. The average Bonchev–Trinajstić information content (AvgIpc) is 2.37. The first-order chi connectivity index (χ1) is 9.19. The van der Waals surface area contributed by atoms with E-state index in [0.29, 0.717) is 5.56 Å². The lowest BCUT2D eigenvalue weighted by molar-refractivity contribution is -0.138. The lowest BCUT2D eigenvalue weighted by Crippen LogP contribution is -2.28. The molecule has 1 saturated heterocycles. The molecule has 1 aliphatic rings. The normalized spacial score (nSPS) is 18.3. The molecule has 0 amide bonds. The predicted octanol–water partition coefficient (Wildman–Crippen LogP) is 4.47. The van der Waals surface area contributed by atoms with E-state index in [0.717, 1.165) is 31.5 Å². The average molecular weight is 285 g/mol. The number of benzene rings is 1. The van der Waals surface area contributed by atoms with Crippen LogP contribution in [-0.4, -0.2) is 13.1 Å². The Hall–Kier alpha value is -1.03. The van der Waals surface area contributed by atoms with Crippen LogP contribution in [0.3, 0.4) is 0 Å². The van der Waals surface area contributed by atoms with Crippen LogP contribution >= 0.6 is 0 Å². The van der Waals surface area contributed by atoms with Crippen LogP contribution in [0.5, 0.6) is 0 Å². The van der Waals surface area contributed by atoms with Gasteiger partial charge < -0.3 is 5.32 Å². The maximum absolute atomic E-state index is 13.4. The number of halogens is 3. The van der Waals surface area contributed by atoms with Gasteiger partial charge >= 0.3 is 6.18 Å². The molecular weight excluding hydrogens is 263 g/mol. The summed E-state index contributed by atoms with van der Waals surface area (Å²) in [6.45, 7) is 7.40. The maximum Gasteiger partial charge on any atom is 0.416 e. The van der Waals surface area contributed by atoms with Gasteiger partial charge in [-0.1, -0.05) is 32.9 Å². The zero-order valence-electron chi connectivity index (χ0n) is 12.3. The van der Waals surface area contributed by atoms with E-state index < -0.39 is 11.7 Å². The van der Waals surface area contributed by atoms with Crippen molar-refractivity contribution >= 4 is 0 Å². The zero-order valence-corrected chi connectivity index (χ0v) is 12.3. The summed E-state index contributed by atoms with van der Waals surface area (Å²) in [7, 11) is 0. The molecule has 1 aliphatic heterocycles. The van der Waals surface area contributed by atoms with Gasteiger partial charge in [0.05, 0.1) is 5.56 Å². The minimum Gasteiger partial charge on any atom is -0.317 e. The van der Waals surface area contributed by atoms with Crippen molar-refractivity contribution in [3.63, 3.8) is 0 Å². The molecular formula is C16H22F3N. The summed E-state index contributed by atoms with van der Waals surface area (Å²) in [5.41, 5.74) is 0.485. The van der Waals surface area contributed by atoms with Gasteiger partial charge in [-0.3, -0.25) is 0 Å². The molecule has 20 heavy (non-hydrogen) atoms. The molecule has 0 unspecified atom stereocenters. The fraction of sp³-hybridized carbons (Fsp3) is 0.625. The topological polar surface area (TPSA) is 12.0 Å². The van der Waals surface area contributed by atoms with Crippen molar-refractivity contribution in [2.75, 3.05) is 13.1 Å². The second kappa shape index (κ2) is 5.40. The van der Waals surface area contributed by atoms with E-state index in [9.17, 15) is 13.2 Å². The van der Waals surface area contributed by atoms with Gasteiger partial charge in [-0.05, 0) is 54.5 Å². The van der Waals surface area contributed by atoms with Gasteiger partial charge in [0.25, 0.3) is 0 Å². The Balaban J connectivity index is 2.45. The van der Waals surface area contributed by atoms with Crippen molar-refractivity contribution in [2.45, 2.75) is 51.1 Å². The quantitative estimate of drug-likeness (QED) is 0.802. The number of piperidine rings is 1. The molecule has 4 heteroatoms. The van der Waals surface area contributed by atoms with Crippen LogP contribution in [-0.2, 0) is 11.6 Å². The number of hydrogen-bond donors (Lipinski definition) is 1. The van der Waals surface area contributed by atoms with Crippen molar-refractivity contribution in [3.05, 3.63) is 34.9 Å². The van der Waals surface area contributed by atoms with Crippen LogP contribution in [0.2, 0.25) is 0 Å². The Kier molecular flexibility index (Phi) is 4.14. The van der Waals surface area contributed by atoms with Crippen LogP contribution < -0.4 is 5.32 Å². The third-order valence-corrected chi connectivity index (χ3v) is 4.00. The summed E-state index contributed by atoms with van der Waals surface area (Å²) in [6.07, 6.45) is -2.72. The fourth-order valence-corrected chi connectivity index (χ4v) is 2.76. The molecule has 1 aromatic rings. The minimum absolute atomic E-state index is 0.0156. The SMILES string of the molecule is CC(C)(C)c1ccc(C2CCNCC2)c(C(F)(F)F)c1. The maximum atomic E-state index is 13.4. The lowest BCUT2D eigenvalue weighted by Gasteiger charge is -2.28. The Labute approximate surface area is 118 Å². The first kappa shape index (κ1) is 15.4. The van der Waals surface area contributed by atoms with Crippen molar-refractivity contribution in [1.29, 1.82) is 0 Å². The Bertz CT molecular complexity index is 466. The van der Waals surface area contributed by atoms with Gasteiger partial charge in [0, 0.05) is 0 Å². The monoisotopic (exact) mass is 285 g/mol. The molecule has 0 aliphatic carbocycles. The first-order valence-electron chi connectivity index (χ1n) is 7.12. The number of hydrogen-bond acceptors (Lipinski definition) is 1. The van der Waals surface area contributed by atoms with E-state index in [1.807, 2.05) is 26.8 Å². The minimum atomic E-state index is -4.28. The molecule has 112 valence electrons. The van der Waals surface area contributed by atoms with Gasteiger partial charge in [0.15, 0.2) is 0 Å². The summed E-state index contributed by atoms with van der Waals surface area (Å²) < 4.78 is 40.1. The Morgan fingerprint density at radius 2 is 1.65 bits per heavy atom. The van der Waals surface area contributed by atoms with Crippen LogP contribution in [0.15, 0.2) is 18.2 Å². The van der Waals surface area contributed by atoms with Crippen LogP contribution in [0.1, 0.15) is 56.2 Å². The third-order valence-electron chi connectivity index (χ3n) is 4.00. The predicted molar refractivity (Wildman–Crippen MR) is 75.0 cm³/mol. The molecule has 0 radical (unpaired) electrons. The highest BCUT2D eigenvalue weighted by Gasteiger charge is 2.36. The van der Waals surface area contributed by atoms with E-state index in [-0.39, 0.29) is 11.3 Å². The van der Waals surface area contributed by atoms with Crippen LogP contribution in [0, 0.1) is 0 Å².